The fourth-order valence-corrected chi connectivity index (χ4v) is 3.74. The van der Waals surface area contributed by atoms with Crippen molar-refractivity contribution in [1.82, 2.24) is 14.9 Å². The van der Waals surface area contributed by atoms with Crippen LogP contribution >= 0.6 is 0 Å². The van der Waals surface area contributed by atoms with Crippen molar-refractivity contribution in [2.45, 2.75) is 19.3 Å². The molecule has 1 saturated heterocycles. The first-order valence-corrected chi connectivity index (χ1v) is 9.46. The smallest absolute Gasteiger partial charge is 0.272 e. The third-order valence-electron chi connectivity index (χ3n) is 5.24. The lowest BCUT2D eigenvalue weighted by atomic mass is 10.1. The SMILES string of the molecule is O=C(C1CC=CC1)N1CCN(c2ccc3ncnc(OCC(F)F)c3c2)CC1. The minimum Gasteiger partial charge on any atom is -0.471 e. The lowest BCUT2D eigenvalue weighted by Crippen LogP contribution is -2.50. The van der Waals surface area contributed by atoms with Gasteiger partial charge in [-0.15, -0.1) is 0 Å². The van der Waals surface area contributed by atoms with E-state index in [0.29, 0.717) is 24.0 Å². The summed E-state index contributed by atoms with van der Waals surface area (Å²) in [4.78, 5) is 24.9. The van der Waals surface area contributed by atoms with Gasteiger partial charge in [-0.3, -0.25) is 4.79 Å². The zero-order valence-corrected chi connectivity index (χ0v) is 15.4. The molecule has 148 valence electrons. The highest BCUT2D eigenvalue weighted by molar-refractivity contribution is 5.87. The molecule has 2 heterocycles. The standard InChI is InChI=1S/C20H22F2N4O2/c21-18(22)12-28-19-16-11-15(5-6-17(16)23-13-24-19)25-7-9-26(10-8-25)20(27)14-3-1-2-4-14/h1-2,5-6,11,13-14,18H,3-4,7-10,12H2. The average molecular weight is 388 g/mol. The Labute approximate surface area is 161 Å². The number of fused-ring (bicyclic) bond motifs is 1. The van der Waals surface area contributed by atoms with Crippen molar-refractivity contribution in [3.8, 4) is 5.88 Å². The number of piperazine rings is 1. The van der Waals surface area contributed by atoms with Crippen LogP contribution in [0.25, 0.3) is 10.9 Å². The van der Waals surface area contributed by atoms with Crippen LogP contribution in [0.4, 0.5) is 14.5 Å². The van der Waals surface area contributed by atoms with E-state index >= 15 is 0 Å². The summed E-state index contributed by atoms with van der Waals surface area (Å²) >= 11 is 0. The molecule has 1 aliphatic heterocycles. The van der Waals surface area contributed by atoms with Crippen LogP contribution in [0.1, 0.15) is 12.8 Å². The van der Waals surface area contributed by atoms with Crippen molar-refractivity contribution in [2.24, 2.45) is 5.92 Å². The van der Waals surface area contributed by atoms with Crippen LogP contribution in [-0.4, -0.2) is 60.0 Å². The van der Waals surface area contributed by atoms with E-state index < -0.39 is 13.0 Å². The summed E-state index contributed by atoms with van der Waals surface area (Å²) in [7, 11) is 0. The number of nitrogens with zero attached hydrogens (tertiary/aromatic N) is 4. The number of halogens is 2. The first kappa shape index (κ1) is 18.6. The molecule has 2 aromatic rings. The molecule has 1 aromatic carbocycles. The Kier molecular flexibility index (Phi) is 5.36. The summed E-state index contributed by atoms with van der Waals surface area (Å²) < 4.78 is 30.1. The van der Waals surface area contributed by atoms with Crippen LogP contribution in [0.3, 0.4) is 0 Å². The Morgan fingerprint density at radius 3 is 2.61 bits per heavy atom. The van der Waals surface area contributed by atoms with Crippen LogP contribution in [0.15, 0.2) is 36.7 Å². The first-order chi connectivity index (χ1) is 13.6. The Morgan fingerprint density at radius 2 is 1.89 bits per heavy atom. The maximum absolute atomic E-state index is 12.6. The van der Waals surface area contributed by atoms with Gasteiger partial charge in [0.2, 0.25) is 11.8 Å². The number of allylic oxidation sites excluding steroid dienone is 2. The third kappa shape index (κ3) is 3.90. The zero-order chi connectivity index (χ0) is 19.5. The van der Waals surface area contributed by atoms with Crippen molar-refractivity contribution < 1.29 is 18.3 Å². The minimum absolute atomic E-state index is 0.0962. The van der Waals surface area contributed by atoms with Gasteiger partial charge in [-0.05, 0) is 31.0 Å². The van der Waals surface area contributed by atoms with Crippen molar-refractivity contribution >= 4 is 22.5 Å². The molecule has 0 spiro atoms. The normalized spacial score (nSPS) is 17.7. The summed E-state index contributed by atoms with van der Waals surface area (Å²) in [5.74, 6) is 0.493. The molecule has 1 aliphatic carbocycles. The number of rotatable bonds is 5. The van der Waals surface area contributed by atoms with Gasteiger partial charge in [0, 0.05) is 37.8 Å². The molecule has 4 rings (SSSR count). The number of benzene rings is 1. The topological polar surface area (TPSA) is 58.6 Å². The van der Waals surface area contributed by atoms with Gasteiger partial charge in [0.05, 0.1) is 10.9 Å². The first-order valence-electron chi connectivity index (χ1n) is 9.46. The fraction of sp³-hybridized carbons (Fsp3) is 0.450. The maximum Gasteiger partial charge on any atom is 0.272 e. The van der Waals surface area contributed by atoms with E-state index in [2.05, 4.69) is 27.0 Å². The molecular formula is C20H22F2N4O2. The number of carbonyl (C=O) groups excluding carboxylic acids is 1. The van der Waals surface area contributed by atoms with Crippen LogP contribution < -0.4 is 9.64 Å². The van der Waals surface area contributed by atoms with Gasteiger partial charge < -0.3 is 14.5 Å². The Morgan fingerprint density at radius 1 is 1.14 bits per heavy atom. The van der Waals surface area contributed by atoms with Crippen molar-refractivity contribution in [3.63, 3.8) is 0 Å². The lowest BCUT2D eigenvalue weighted by molar-refractivity contribution is -0.135. The van der Waals surface area contributed by atoms with E-state index in [4.69, 9.17) is 4.74 Å². The summed E-state index contributed by atoms with van der Waals surface area (Å²) in [5, 5.41) is 0.608. The van der Waals surface area contributed by atoms with E-state index in [1.807, 2.05) is 23.1 Å². The van der Waals surface area contributed by atoms with Gasteiger partial charge in [-0.25, -0.2) is 18.7 Å². The molecule has 0 bridgehead atoms. The number of ether oxygens (including phenoxy) is 1. The highest BCUT2D eigenvalue weighted by atomic mass is 19.3. The molecule has 0 unspecified atom stereocenters. The molecule has 28 heavy (non-hydrogen) atoms. The quantitative estimate of drug-likeness (QED) is 0.738. The van der Waals surface area contributed by atoms with Gasteiger partial charge >= 0.3 is 0 Å². The summed E-state index contributed by atoms with van der Waals surface area (Å²) in [6, 6.07) is 5.66. The van der Waals surface area contributed by atoms with E-state index in [9.17, 15) is 13.6 Å². The van der Waals surface area contributed by atoms with E-state index in [1.165, 1.54) is 6.33 Å². The largest absolute Gasteiger partial charge is 0.471 e. The molecule has 1 aromatic heterocycles. The number of aromatic nitrogens is 2. The van der Waals surface area contributed by atoms with Crippen LogP contribution in [0, 0.1) is 5.92 Å². The second kappa shape index (κ2) is 8.08. The summed E-state index contributed by atoms with van der Waals surface area (Å²) in [5.41, 5.74) is 1.59. The van der Waals surface area contributed by atoms with Gasteiger partial charge in [0.1, 0.15) is 6.33 Å². The number of hydrogen-bond donors (Lipinski definition) is 0. The van der Waals surface area contributed by atoms with E-state index in [-0.39, 0.29) is 17.7 Å². The summed E-state index contributed by atoms with van der Waals surface area (Å²) in [6.45, 7) is 2.09. The molecule has 0 radical (unpaired) electrons. The number of amides is 1. The number of carbonyl (C=O) groups is 1. The Bertz CT molecular complexity index is 874. The van der Waals surface area contributed by atoms with E-state index in [0.717, 1.165) is 31.6 Å². The van der Waals surface area contributed by atoms with Gasteiger partial charge in [-0.2, -0.15) is 0 Å². The maximum atomic E-state index is 12.6. The monoisotopic (exact) mass is 388 g/mol. The number of hydrogen-bond acceptors (Lipinski definition) is 5. The molecule has 0 atom stereocenters. The van der Waals surface area contributed by atoms with Crippen molar-refractivity contribution in [1.29, 1.82) is 0 Å². The lowest BCUT2D eigenvalue weighted by Gasteiger charge is -2.37. The highest BCUT2D eigenvalue weighted by Crippen LogP contribution is 2.28. The fourth-order valence-electron chi connectivity index (χ4n) is 3.74. The van der Waals surface area contributed by atoms with Crippen LogP contribution in [0.2, 0.25) is 0 Å². The highest BCUT2D eigenvalue weighted by Gasteiger charge is 2.28. The Hall–Kier alpha value is -2.77. The third-order valence-corrected chi connectivity index (χ3v) is 5.24. The van der Waals surface area contributed by atoms with Gasteiger partial charge in [0.25, 0.3) is 6.43 Å². The molecule has 8 heteroatoms. The Balaban J connectivity index is 1.46. The second-order valence-corrected chi connectivity index (χ2v) is 7.03. The van der Waals surface area contributed by atoms with Gasteiger partial charge in [-0.1, -0.05) is 12.2 Å². The molecular weight excluding hydrogens is 366 g/mol. The van der Waals surface area contributed by atoms with Crippen LogP contribution in [0.5, 0.6) is 5.88 Å². The molecule has 0 saturated carbocycles. The van der Waals surface area contributed by atoms with Gasteiger partial charge in [0.15, 0.2) is 6.61 Å². The van der Waals surface area contributed by atoms with Crippen molar-refractivity contribution in [2.75, 3.05) is 37.7 Å². The zero-order valence-electron chi connectivity index (χ0n) is 15.4. The molecule has 2 aliphatic rings. The summed E-state index contributed by atoms with van der Waals surface area (Å²) in [6.07, 6.45) is 4.57. The number of alkyl halides is 2. The van der Waals surface area contributed by atoms with E-state index in [1.54, 1.807) is 0 Å². The van der Waals surface area contributed by atoms with Crippen molar-refractivity contribution in [3.05, 3.63) is 36.7 Å². The second-order valence-electron chi connectivity index (χ2n) is 7.03. The van der Waals surface area contributed by atoms with Crippen LogP contribution in [-0.2, 0) is 4.79 Å². The minimum atomic E-state index is -2.56. The molecule has 6 nitrogen and oxygen atoms in total. The molecule has 1 fully saturated rings. The predicted octanol–water partition coefficient (Wildman–Crippen LogP) is 2.89. The predicted molar refractivity (Wildman–Crippen MR) is 102 cm³/mol. The number of anilines is 1. The average Bonchev–Trinajstić information content (AvgIpc) is 3.26. The molecule has 0 N–H and O–H groups in total. The molecule has 1 amide bonds.